The van der Waals surface area contributed by atoms with Crippen molar-refractivity contribution in [3.8, 4) is 0 Å². The molecule has 0 amide bonds. The van der Waals surface area contributed by atoms with E-state index >= 15 is 0 Å². The number of oxime groups is 1. The molecule has 1 heterocycles. The number of carbonyl (C=O) groups is 1. The maximum Gasteiger partial charge on any atom is 0.360 e. The number of carboxylic acids is 1. The average Bonchev–Trinajstić information content (AvgIpc) is 2.93. The van der Waals surface area contributed by atoms with E-state index in [1.807, 2.05) is 0 Å². The number of rotatable bonds is 4. The molecule has 1 aromatic rings. The fourth-order valence-corrected chi connectivity index (χ4v) is 4.19. The molecule has 0 spiro atoms. The molecule has 0 saturated heterocycles. The minimum absolute atomic E-state index is 0.0182. The molecule has 0 bridgehead atoms. The van der Waals surface area contributed by atoms with E-state index in [1.165, 1.54) is 37.0 Å². The zero-order valence-corrected chi connectivity index (χ0v) is 13.2. The molecular formula is C15H21N3O3S. The Bertz CT molecular complexity index is 572. The van der Waals surface area contributed by atoms with Gasteiger partial charge in [0.15, 0.2) is 5.13 Å². The maximum absolute atomic E-state index is 11.3. The lowest BCUT2D eigenvalue weighted by atomic mass is 9.70. The lowest BCUT2D eigenvalue weighted by Gasteiger charge is -2.38. The van der Waals surface area contributed by atoms with E-state index in [0.717, 1.165) is 25.2 Å². The minimum Gasteiger partial charge on any atom is -0.476 e. The van der Waals surface area contributed by atoms with Crippen molar-refractivity contribution in [2.45, 2.75) is 51.0 Å². The topological polar surface area (TPSA) is 97.8 Å². The Hall–Kier alpha value is -1.63. The highest BCUT2D eigenvalue weighted by Crippen LogP contribution is 2.41. The second-order valence-electron chi connectivity index (χ2n) is 6.16. The van der Waals surface area contributed by atoms with E-state index in [1.54, 1.807) is 5.38 Å². The van der Waals surface area contributed by atoms with E-state index in [4.69, 9.17) is 10.6 Å². The van der Waals surface area contributed by atoms with Gasteiger partial charge >= 0.3 is 5.97 Å². The molecule has 120 valence electrons. The highest BCUT2D eigenvalue weighted by molar-refractivity contribution is 7.13. The molecule has 2 aliphatic carbocycles. The Labute approximate surface area is 133 Å². The summed E-state index contributed by atoms with van der Waals surface area (Å²) in [7, 11) is 0. The largest absolute Gasteiger partial charge is 0.476 e. The van der Waals surface area contributed by atoms with Crippen LogP contribution in [0.2, 0.25) is 0 Å². The average molecular weight is 323 g/mol. The Morgan fingerprint density at radius 1 is 1.32 bits per heavy atom. The lowest BCUT2D eigenvalue weighted by Crippen LogP contribution is -2.31. The van der Waals surface area contributed by atoms with Gasteiger partial charge in [0.05, 0.1) is 0 Å². The fraction of sp³-hybridized carbons (Fsp3) is 0.667. The first kappa shape index (κ1) is 15.3. The summed E-state index contributed by atoms with van der Waals surface area (Å²) in [5.74, 6) is 0.400. The van der Waals surface area contributed by atoms with Crippen LogP contribution in [0.4, 0.5) is 5.13 Å². The van der Waals surface area contributed by atoms with Crippen LogP contribution in [0.15, 0.2) is 10.5 Å². The van der Waals surface area contributed by atoms with Gasteiger partial charge < -0.3 is 15.7 Å². The number of nitrogens with two attached hydrogens (primary N) is 1. The molecule has 22 heavy (non-hydrogen) atoms. The van der Waals surface area contributed by atoms with Crippen molar-refractivity contribution < 1.29 is 14.7 Å². The number of hydrogen-bond donors (Lipinski definition) is 2. The van der Waals surface area contributed by atoms with Gasteiger partial charge in [0, 0.05) is 5.38 Å². The summed E-state index contributed by atoms with van der Waals surface area (Å²) in [4.78, 5) is 20.8. The van der Waals surface area contributed by atoms with E-state index in [-0.39, 0.29) is 17.5 Å². The summed E-state index contributed by atoms with van der Waals surface area (Å²) < 4.78 is 0. The Kier molecular flexibility index (Phi) is 4.61. The van der Waals surface area contributed by atoms with Crippen LogP contribution in [-0.2, 0) is 9.63 Å². The van der Waals surface area contributed by atoms with E-state index in [2.05, 4.69) is 10.1 Å². The molecule has 3 N–H and O–H groups in total. The normalized spacial score (nSPS) is 28.9. The minimum atomic E-state index is -1.14. The molecule has 3 rings (SSSR count). The van der Waals surface area contributed by atoms with Crippen LogP contribution in [0.5, 0.6) is 0 Å². The molecule has 3 unspecified atom stereocenters. The van der Waals surface area contributed by atoms with Gasteiger partial charge in [-0.25, -0.2) is 9.78 Å². The van der Waals surface area contributed by atoms with Gasteiger partial charge in [0.2, 0.25) is 5.71 Å². The molecule has 0 aliphatic heterocycles. The van der Waals surface area contributed by atoms with Crippen molar-refractivity contribution in [3.05, 3.63) is 11.1 Å². The molecule has 0 radical (unpaired) electrons. The first-order valence-electron chi connectivity index (χ1n) is 7.82. The third-order valence-electron chi connectivity index (χ3n) is 4.75. The van der Waals surface area contributed by atoms with Gasteiger partial charge in [-0.15, -0.1) is 11.3 Å². The summed E-state index contributed by atoms with van der Waals surface area (Å²) in [5.41, 5.74) is 5.64. The van der Waals surface area contributed by atoms with Crippen molar-refractivity contribution in [2.24, 2.45) is 17.0 Å². The number of hydrogen-bond acceptors (Lipinski definition) is 6. The van der Waals surface area contributed by atoms with Gasteiger partial charge in [-0.1, -0.05) is 30.8 Å². The number of thiazole rings is 1. The Morgan fingerprint density at radius 2 is 2.09 bits per heavy atom. The predicted octanol–water partition coefficient (Wildman–Crippen LogP) is 2.89. The standard InChI is InChI=1S/C15H21N3O3S/c16-15-17-12(8-22-15)13(14(19)20)18-21-11-6-5-9-3-1-2-4-10(9)7-11/h8-11H,1-7H2,(H2,16,17)(H,19,20)/b18-13-. The van der Waals surface area contributed by atoms with Gasteiger partial charge in [0.25, 0.3) is 0 Å². The van der Waals surface area contributed by atoms with Crippen molar-refractivity contribution in [1.29, 1.82) is 0 Å². The summed E-state index contributed by atoms with van der Waals surface area (Å²) in [6.07, 6.45) is 8.37. The molecule has 2 fully saturated rings. The predicted molar refractivity (Wildman–Crippen MR) is 84.9 cm³/mol. The van der Waals surface area contributed by atoms with Crippen molar-refractivity contribution in [2.75, 3.05) is 5.73 Å². The van der Waals surface area contributed by atoms with Crippen LogP contribution in [-0.4, -0.2) is 27.9 Å². The number of anilines is 1. The highest BCUT2D eigenvalue weighted by Gasteiger charge is 2.33. The fourth-order valence-electron chi connectivity index (χ4n) is 3.65. The summed E-state index contributed by atoms with van der Waals surface area (Å²) in [6.45, 7) is 0. The highest BCUT2D eigenvalue weighted by atomic mass is 32.1. The van der Waals surface area contributed by atoms with Crippen molar-refractivity contribution >= 4 is 28.1 Å². The smallest absolute Gasteiger partial charge is 0.360 e. The van der Waals surface area contributed by atoms with Crippen LogP contribution in [0.25, 0.3) is 0 Å². The summed E-state index contributed by atoms with van der Waals surface area (Å²) in [5, 5.41) is 15.1. The second-order valence-corrected chi connectivity index (χ2v) is 7.05. The van der Waals surface area contributed by atoms with Gasteiger partial charge in [-0.05, 0) is 31.1 Å². The number of aromatic nitrogens is 1. The zero-order valence-electron chi connectivity index (χ0n) is 12.4. The number of aliphatic carboxylic acids is 1. The van der Waals surface area contributed by atoms with E-state index < -0.39 is 5.97 Å². The van der Waals surface area contributed by atoms with Crippen LogP contribution in [0.1, 0.15) is 50.6 Å². The zero-order chi connectivity index (χ0) is 15.5. The first-order valence-corrected chi connectivity index (χ1v) is 8.70. The Balaban J connectivity index is 1.65. The molecule has 7 heteroatoms. The quantitative estimate of drug-likeness (QED) is 0.656. The molecule has 1 aromatic heterocycles. The Morgan fingerprint density at radius 3 is 2.77 bits per heavy atom. The maximum atomic E-state index is 11.3. The first-order chi connectivity index (χ1) is 10.6. The number of nitrogen functional groups attached to an aromatic ring is 1. The molecule has 2 saturated carbocycles. The number of nitrogens with zero attached hydrogens (tertiary/aromatic N) is 2. The second kappa shape index (κ2) is 6.64. The van der Waals surface area contributed by atoms with Gasteiger partial charge in [-0.2, -0.15) is 0 Å². The molecule has 0 aromatic carbocycles. The molecule has 3 atom stereocenters. The van der Waals surface area contributed by atoms with Crippen LogP contribution >= 0.6 is 11.3 Å². The molecular weight excluding hydrogens is 302 g/mol. The lowest BCUT2D eigenvalue weighted by molar-refractivity contribution is -0.129. The van der Waals surface area contributed by atoms with E-state index in [0.29, 0.717) is 11.0 Å². The summed E-state index contributed by atoms with van der Waals surface area (Å²) in [6, 6.07) is 0. The van der Waals surface area contributed by atoms with Gasteiger partial charge in [0.1, 0.15) is 11.8 Å². The van der Waals surface area contributed by atoms with Crippen molar-refractivity contribution in [1.82, 2.24) is 4.98 Å². The number of fused-ring (bicyclic) bond motifs is 1. The monoisotopic (exact) mass is 323 g/mol. The third-order valence-corrected chi connectivity index (χ3v) is 5.43. The van der Waals surface area contributed by atoms with Crippen LogP contribution in [0, 0.1) is 11.8 Å². The SMILES string of the molecule is Nc1nc(/C(=N/OC2CCC3CCCCC3C2)C(=O)O)cs1. The number of carboxylic acid groups (broad SMARTS) is 1. The van der Waals surface area contributed by atoms with Crippen LogP contribution in [0.3, 0.4) is 0 Å². The molecule has 6 nitrogen and oxygen atoms in total. The molecule has 2 aliphatic rings. The van der Waals surface area contributed by atoms with Crippen molar-refractivity contribution in [3.63, 3.8) is 0 Å². The third kappa shape index (κ3) is 3.40. The summed E-state index contributed by atoms with van der Waals surface area (Å²) >= 11 is 1.19. The van der Waals surface area contributed by atoms with Gasteiger partial charge in [-0.3, -0.25) is 0 Å². The van der Waals surface area contributed by atoms with E-state index in [9.17, 15) is 9.90 Å². The van der Waals surface area contributed by atoms with Crippen LogP contribution < -0.4 is 5.73 Å².